The smallest absolute Gasteiger partial charge is 0.338 e. The van der Waals surface area contributed by atoms with Crippen LogP contribution in [0.4, 0.5) is 0 Å². The molecule has 0 saturated heterocycles. The van der Waals surface area contributed by atoms with Crippen LogP contribution in [0.5, 0.6) is 17.2 Å². The second-order valence-electron chi connectivity index (χ2n) is 9.98. The Kier molecular flexibility index (Phi) is 9.70. The Morgan fingerprint density at radius 1 is 1.02 bits per heavy atom. The third-order valence-corrected chi connectivity index (χ3v) is 7.54. The molecule has 0 fully saturated rings. The van der Waals surface area contributed by atoms with E-state index in [2.05, 4.69) is 11.9 Å². The highest BCUT2D eigenvalue weighted by Gasteiger charge is 2.35. The van der Waals surface area contributed by atoms with Gasteiger partial charge in [-0.25, -0.2) is 9.79 Å². The molecule has 0 N–H and O–H groups in total. The van der Waals surface area contributed by atoms with Crippen LogP contribution >= 0.6 is 11.3 Å². The molecular weight excluding hydrogens is 540 g/mol. The fraction of sp³-hybridized carbons (Fsp3) is 0.406. The Balaban J connectivity index is 1.90. The van der Waals surface area contributed by atoms with Gasteiger partial charge in [-0.1, -0.05) is 42.5 Å². The highest BCUT2D eigenvalue weighted by atomic mass is 32.1. The molecule has 2 atom stereocenters. The van der Waals surface area contributed by atoms with E-state index >= 15 is 0 Å². The molecular formula is C32H38N2O6S. The van der Waals surface area contributed by atoms with Gasteiger partial charge in [-0.3, -0.25) is 9.36 Å². The van der Waals surface area contributed by atoms with E-state index in [4.69, 9.17) is 18.9 Å². The third-order valence-electron chi connectivity index (χ3n) is 6.56. The minimum absolute atomic E-state index is 0.0446. The number of rotatable bonds is 11. The van der Waals surface area contributed by atoms with Gasteiger partial charge in [0.15, 0.2) is 16.3 Å². The van der Waals surface area contributed by atoms with Crippen LogP contribution in [0.3, 0.4) is 0 Å². The van der Waals surface area contributed by atoms with E-state index in [1.165, 1.54) is 11.3 Å². The van der Waals surface area contributed by atoms with Crippen molar-refractivity contribution < 1.29 is 23.7 Å². The molecule has 3 aromatic rings. The van der Waals surface area contributed by atoms with Crippen LogP contribution in [0.2, 0.25) is 0 Å². The van der Waals surface area contributed by atoms with Gasteiger partial charge in [-0.2, -0.15) is 0 Å². The van der Waals surface area contributed by atoms with Crippen molar-refractivity contribution in [1.82, 2.24) is 4.57 Å². The van der Waals surface area contributed by atoms with Crippen LogP contribution in [-0.4, -0.2) is 36.0 Å². The van der Waals surface area contributed by atoms with Crippen molar-refractivity contribution in [2.45, 2.75) is 73.1 Å². The third kappa shape index (κ3) is 6.56. The van der Waals surface area contributed by atoms with Crippen molar-refractivity contribution in [2.24, 2.45) is 4.99 Å². The number of carbonyl (C=O) groups is 1. The molecule has 8 nitrogen and oxygen atoms in total. The van der Waals surface area contributed by atoms with Gasteiger partial charge < -0.3 is 18.9 Å². The molecule has 0 aliphatic carbocycles. The number of nitrogens with zero attached hydrogens (tertiary/aromatic N) is 2. The average Bonchev–Trinajstić information content (AvgIpc) is 3.23. The number of hydrogen-bond donors (Lipinski definition) is 0. The fourth-order valence-electron chi connectivity index (χ4n) is 4.59. The molecule has 0 amide bonds. The second kappa shape index (κ2) is 13.2. The summed E-state index contributed by atoms with van der Waals surface area (Å²) in [6, 6.07) is 12.3. The maximum absolute atomic E-state index is 14.0. The Morgan fingerprint density at radius 3 is 2.46 bits per heavy atom. The number of fused-ring (bicyclic) bond motifs is 1. The molecule has 218 valence electrons. The van der Waals surface area contributed by atoms with Crippen molar-refractivity contribution >= 4 is 23.4 Å². The Morgan fingerprint density at radius 2 is 1.78 bits per heavy atom. The van der Waals surface area contributed by atoms with Crippen LogP contribution in [0.1, 0.15) is 72.1 Å². The largest absolute Gasteiger partial charge is 0.491 e. The second-order valence-corrected chi connectivity index (χ2v) is 11.0. The topological polar surface area (TPSA) is 88.4 Å². The number of esters is 1. The zero-order valence-corrected chi connectivity index (χ0v) is 25.5. The van der Waals surface area contributed by atoms with Crippen molar-refractivity contribution in [3.63, 3.8) is 0 Å². The standard InChI is InChI=1S/C32H38N2O6S/c1-8-20(6)40-25-16-15-22(17-26(25)37-9-2)18-27-30(35)34-29(23-13-11-12-14-24(23)39-19(4)5)28(31(36)38-10-3)21(7)33-32(34)41-27/h11-20,29H,8-10H2,1-7H3/b27-18+/t20-,29-/m1/s1. The molecule has 0 spiro atoms. The Labute approximate surface area is 244 Å². The van der Waals surface area contributed by atoms with Crippen LogP contribution in [0, 0.1) is 0 Å². The van der Waals surface area contributed by atoms with Gasteiger partial charge in [0, 0.05) is 5.56 Å². The minimum Gasteiger partial charge on any atom is -0.491 e. The predicted octanol–water partition coefficient (Wildman–Crippen LogP) is 5.16. The summed E-state index contributed by atoms with van der Waals surface area (Å²) < 4.78 is 25.5. The summed E-state index contributed by atoms with van der Waals surface area (Å²) in [5.41, 5.74) is 2.04. The summed E-state index contributed by atoms with van der Waals surface area (Å²) in [5.74, 6) is 1.37. The SMILES string of the molecule is CCOC(=O)C1=C(C)N=c2s/c(=C/c3ccc(O[C@H](C)CC)c(OCC)c3)c(=O)n2[C@@H]1c1ccccc1OC(C)C. The van der Waals surface area contributed by atoms with E-state index in [1.807, 2.05) is 76.2 Å². The lowest BCUT2D eigenvalue weighted by Crippen LogP contribution is -2.40. The van der Waals surface area contributed by atoms with Gasteiger partial charge in [0.1, 0.15) is 11.8 Å². The summed E-state index contributed by atoms with van der Waals surface area (Å²) in [5, 5.41) is 0. The summed E-state index contributed by atoms with van der Waals surface area (Å²) in [7, 11) is 0. The maximum Gasteiger partial charge on any atom is 0.338 e. The molecule has 2 heterocycles. The molecule has 41 heavy (non-hydrogen) atoms. The number of thiazole rings is 1. The van der Waals surface area contributed by atoms with Gasteiger partial charge in [0.2, 0.25) is 0 Å². The molecule has 0 saturated carbocycles. The normalized spacial score (nSPS) is 15.8. The van der Waals surface area contributed by atoms with Gasteiger partial charge in [-0.05, 0) is 77.8 Å². The molecule has 2 aromatic carbocycles. The number of carbonyl (C=O) groups excluding carboxylic acids is 1. The van der Waals surface area contributed by atoms with E-state index < -0.39 is 12.0 Å². The zero-order valence-electron chi connectivity index (χ0n) is 24.7. The van der Waals surface area contributed by atoms with Crippen molar-refractivity contribution in [1.29, 1.82) is 0 Å². The predicted molar refractivity (Wildman–Crippen MR) is 161 cm³/mol. The molecule has 4 rings (SSSR count). The summed E-state index contributed by atoms with van der Waals surface area (Å²) in [6.07, 6.45) is 2.63. The highest BCUT2D eigenvalue weighted by Crippen LogP contribution is 2.36. The quantitative estimate of drug-likeness (QED) is 0.292. The first kappa shape index (κ1) is 30.1. The van der Waals surface area contributed by atoms with Gasteiger partial charge in [0.25, 0.3) is 5.56 Å². The van der Waals surface area contributed by atoms with Gasteiger partial charge >= 0.3 is 5.97 Å². The first-order chi connectivity index (χ1) is 19.7. The Bertz CT molecular complexity index is 1620. The number of para-hydroxylation sites is 1. The molecule has 1 aliphatic heterocycles. The van der Waals surface area contributed by atoms with E-state index in [9.17, 15) is 9.59 Å². The van der Waals surface area contributed by atoms with Crippen molar-refractivity contribution in [3.8, 4) is 17.2 Å². The molecule has 0 radical (unpaired) electrons. The van der Waals surface area contributed by atoms with Crippen LogP contribution in [-0.2, 0) is 9.53 Å². The summed E-state index contributed by atoms with van der Waals surface area (Å²) in [4.78, 5) is 32.5. The van der Waals surface area contributed by atoms with Crippen molar-refractivity contribution in [2.75, 3.05) is 13.2 Å². The molecule has 0 unspecified atom stereocenters. The monoisotopic (exact) mass is 578 g/mol. The number of ether oxygens (including phenoxy) is 4. The van der Waals surface area contributed by atoms with Crippen LogP contribution in [0.15, 0.2) is 63.5 Å². The first-order valence-corrected chi connectivity index (χ1v) is 14.9. The first-order valence-electron chi connectivity index (χ1n) is 14.1. The van der Waals surface area contributed by atoms with Crippen LogP contribution in [0.25, 0.3) is 6.08 Å². The number of allylic oxidation sites excluding steroid dienone is 1. The fourth-order valence-corrected chi connectivity index (χ4v) is 5.63. The highest BCUT2D eigenvalue weighted by molar-refractivity contribution is 7.07. The number of benzene rings is 2. The Hall–Kier alpha value is -3.85. The summed E-state index contributed by atoms with van der Waals surface area (Å²) in [6.45, 7) is 14.1. The van der Waals surface area contributed by atoms with E-state index in [0.29, 0.717) is 50.0 Å². The zero-order chi connectivity index (χ0) is 29.7. The lowest BCUT2D eigenvalue weighted by molar-refractivity contribution is -0.139. The molecule has 0 bridgehead atoms. The molecule has 1 aliphatic rings. The van der Waals surface area contributed by atoms with E-state index in [-0.39, 0.29) is 24.4 Å². The lowest BCUT2D eigenvalue weighted by atomic mass is 9.95. The molecule has 9 heteroatoms. The van der Waals surface area contributed by atoms with E-state index in [0.717, 1.165) is 12.0 Å². The number of hydrogen-bond acceptors (Lipinski definition) is 8. The van der Waals surface area contributed by atoms with E-state index in [1.54, 1.807) is 18.4 Å². The van der Waals surface area contributed by atoms with Gasteiger partial charge in [-0.15, -0.1) is 0 Å². The minimum atomic E-state index is -0.757. The number of aromatic nitrogens is 1. The summed E-state index contributed by atoms with van der Waals surface area (Å²) >= 11 is 1.27. The molecule has 1 aromatic heterocycles. The van der Waals surface area contributed by atoms with Crippen LogP contribution < -0.4 is 29.1 Å². The van der Waals surface area contributed by atoms with Gasteiger partial charge in [0.05, 0.1) is 41.2 Å². The average molecular weight is 579 g/mol. The van der Waals surface area contributed by atoms with Crippen molar-refractivity contribution in [3.05, 3.63) is 84.5 Å². The maximum atomic E-state index is 14.0. The lowest BCUT2D eigenvalue weighted by Gasteiger charge is -2.26.